The third-order valence-corrected chi connectivity index (χ3v) is 5.73. The van der Waals surface area contributed by atoms with Crippen molar-refractivity contribution in [3.63, 3.8) is 0 Å². The van der Waals surface area contributed by atoms with Crippen molar-refractivity contribution < 1.29 is 19.4 Å². The summed E-state index contributed by atoms with van der Waals surface area (Å²) in [7, 11) is 1.60. The molecule has 2 saturated heterocycles. The number of carbonyl (C=O) groups is 1. The van der Waals surface area contributed by atoms with E-state index in [1.807, 2.05) is 4.90 Å². The molecule has 0 saturated carbocycles. The molecule has 0 amide bonds. The van der Waals surface area contributed by atoms with Gasteiger partial charge >= 0.3 is 5.97 Å². The molecule has 144 valence electrons. The fraction of sp³-hybridized carbons (Fsp3) is 0.421. The first-order chi connectivity index (χ1) is 12.9. The number of phenolic OH excluding ortho intramolecular Hbond substituents is 1. The fourth-order valence-corrected chi connectivity index (χ4v) is 4.36. The molecule has 0 aliphatic carbocycles. The monoisotopic (exact) mass is 374 g/mol. The highest BCUT2D eigenvalue weighted by Crippen LogP contribution is 2.47. The quantitative estimate of drug-likeness (QED) is 0.744. The van der Waals surface area contributed by atoms with Crippen LogP contribution in [0.25, 0.3) is 5.57 Å². The van der Waals surface area contributed by atoms with Crippen molar-refractivity contribution >= 4 is 22.9 Å². The number of carboxylic acid groups (broad SMARTS) is 1. The van der Waals surface area contributed by atoms with Crippen molar-refractivity contribution in [1.82, 2.24) is 10.3 Å². The van der Waals surface area contributed by atoms with E-state index in [1.165, 1.54) is 17.3 Å². The van der Waals surface area contributed by atoms with Gasteiger partial charge in [-0.1, -0.05) is 6.58 Å². The summed E-state index contributed by atoms with van der Waals surface area (Å²) in [6.07, 6.45) is 3.57. The Bertz CT molecular complexity index is 854. The Hall–Kier alpha value is -2.58. The second-order valence-corrected chi connectivity index (χ2v) is 7.15. The van der Waals surface area contributed by atoms with E-state index in [1.54, 1.807) is 7.05 Å². The maximum absolute atomic E-state index is 15.0. The van der Waals surface area contributed by atoms with Crippen molar-refractivity contribution in [2.75, 3.05) is 43.1 Å². The van der Waals surface area contributed by atoms with E-state index in [0.717, 1.165) is 25.9 Å². The highest BCUT2D eigenvalue weighted by Gasteiger charge is 2.35. The highest BCUT2D eigenvalue weighted by molar-refractivity contribution is 6.09. The summed E-state index contributed by atoms with van der Waals surface area (Å²) >= 11 is 0. The normalized spacial score (nSPS) is 22.5. The molecule has 3 heterocycles. The van der Waals surface area contributed by atoms with Gasteiger partial charge in [-0.2, -0.15) is 0 Å². The lowest BCUT2D eigenvalue weighted by Crippen LogP contribution is -2.50. The lowest BCUT2D eigenvalue weighted by atomic mass is 9.93. The molecule has 0 radical (unpaired) electrons. The van der Waals surface area contributed by atoms with Gasteiger partial charge < -0.3 is 15.1 Å². The minimum Gasteiger partial charge on any atom is -0.504 e. The molecule has 3 N–H and O–H groups in total. The molecule has 3 aliphatic heterocycles. The molecule has 0 bridgehead atoms. The molecule has 1 aromatic carbocycles. The number of rotatable bonds is 3. The molecule has 1 atom stereocenters. The van der Waals surface area contributed by atoms with Crippen LogP contribution in [0.2, 0.25) is 0 Å². The number of aromatic hydroxyl groups is 1. The summed E-state index contributed by atoms with van der Waals surface area (Å²) < 4.78 is 15.0. The smallest absolute Gasteiger partial charge is 0.337 e. The Kier molecular flexibility index (Phi) is 4.32. The van der Waals surface area contributed by atoms with Crippen molar-refractivity contribution in [1.29, 1.82) is 0 Å². The molecule has 0 aromatic heterocycles. The van der Waals surface area contributed by atoms with Crippen molar-refractivity contribution in [2.45, 2.75) is 18.9 Å². The number of carboxylic acids is 1. The molecule has 0 spiro atoms. The van der Waals surface area contributed by atoms with Crippen molar-refractivity contribution in [3.05, 3.63) is 35.8 Å². The number of benzene rings is 1. The van der Waals surface area contributed by atoms with Crippen LogP contribution < -0.4 is 15.3 Å². The lowest BCUT2D eigenvalue weighted by Gasteiger charge is -2.40. The summed E-state index contributed by atoms with van der Waals surface area (Å²) in [5.74, 6) is -1.93. The summed E-state index contributed by atoms with van der Waals surface area (Å²) in [6, 6.07) is 1.65. The van der Waals surface area contributed by atoms with Gasteiger partial charge in [-0.3, -0.25) is 9.91 Å². The van der Waals surface area contributed by atoms with Crippen LogP contribution in [0.1, 0.15) is 18.4 Å². The van der Waals surface area contributed by atoms with Gasteiger partial charge in [0.25, 0.3) is 0 Å². The average molecular weight is 374 g/mol. The molecular weight excluding hydrogens is 351 g/mol. The zero-order chi connectivity index (χ0) is 19.3. The number of anilines is 2. The molecule has 1 aromatic rings. The summed E-state index contributed by atoms with van der Waals surface area (Å²) in [4.78, 5) is 15.8. The van der Waals surface area contributed by atoms with Gasteiger partial charge in [-0.25, -0.2) is 14.6 Å². The second kappa shape index (κ2) is 6.54. The number of phenols is 1. The fourth-order valence-electron chi connectivity index (χ4n) is 4.36. The number of hydrogen-bond donors (Lipinski definition) is 3. The van der Waals surface area contributed by atoms with E-state index in [0.29, 0.717) is 24.8 Å². The van der Waals surface area contributed by atoms with Gasteiger partial charge in [-0.05, 0) is 31.0 Å². The van der Waals surface area contributed by atoms with Gasteiger partial charge in [0.1, 0.15) is 11.4 Å². The summed E-state index contributed by atoms with van der Waals surface area (Å²) in [6.45, 7) is 7.01. The van der Waals surface area contributed by atoms with E-state index < -0.39 is 11.8 Å². The predicted octanol–water partition coefficient (Wildman–Crippen LogP) is 1.75. The van der Waals surface area contributed by atoms with Gasteiger partial charge in [0.2, 0.25) is 0 Å². The lowest BCUT2D eigenvalue weighted by molar-refractivity contribution is -0.132. The predicted molar refractivity (Wildman–Crippen MR) is 101 cm³/mol. The maximum atomic E-state index is 15.0. The van der Waals surface area contributed by atoms with Crippen LogP contribution in [0.3, 0.4) is 0 Å². The first-order valence-electron chi connectivity index (χ1n) is 9.08. The Labute approximate surface area is 156 Å². The Balaban J connectivity index is 1.78. The first-order valence-corrected chi connectivity index (χ1v) is 9.08. The van der Waals surface area contributed by atoms with Crippen LogP contribution in [0.15, 0.2) is 24.4 Å². The molecule has 8 heteroatoms. The Morgan fingerprint density at radius 3 is 2.81 bits per heavy atom. The van der Waals surface area contributed by atoms with E-state index in [9.17, 15) is 15.0 Å². The molecule has 3 aliphatic rings. The van der Waals surface area contributed by atoms with Gasteiger partial charge in [0, 0.05) is 44.5 Å². The van der Waals surface area contributed by atoms with Gasteiger partial charge in [0.05, 0.1) is 5.57 Å². The van der Waals surface area contributed by atoms with Crippen molar-refractivity contribution in [2.24, 2.45) is 0 Å². The van der Waals surface area contributed by atoms with Crippen LogP contribution >= 0.6 is 0 Å². The number of nitrogens with one attached hydrogen (secondary N) is 1. The van der Waals surface area contributed by atoms with Crippen LogP contribution in [-0.2, 0) is 4.79 Å². The average Bonchev–Trinajstić information content (AvgIpc) is 3.10. The zero-order valence-electron chi connectivity index (χ0n) is 15.2. The summed E-state index contributed by atoms with van der Waals surface area (Å²) in [5.41, 5.74) is 3.71. The Morgan fingerprint density at radius 1 is 1.33 bits per heavy atom. The SMILES string of the molecule is C=C1C(C(=O)O)=CN(NC)c2c1cc(F)c(N1CCN3CCCC3C1)c2O. The second-order valence-electron chi connectivity index (χ2n) is 7.15. The minimum absolute atomic E-state index is 0.0528. The van der Waals surface area contributed by atoms with Crippen LogP contribution in [0.5, 0.6) is 5.75 Å². The van der Waals surface area contributed by atoms with Crippen LogP contribution in [0.4, 0.5) is 15.8 Å². The highest BCUT2D eigenvalue weighted by atomic mass is 19.1. The molecular formula is C19H23FN4O3. The van der Waals surface area contributed by atoms with Gasteiger partial charge in [0.15, 0.2) is 11.6 Å². The molecule has 7 nitrogen and oxygen atoms in total. The molecule has 1 unspecified atom stereocenters. The third-order valence-electron chi connectivity index (χ3n) is 5.73. The van der Waals surface area contributed by atoms with E-state index in [4.69, 9.17) is 0 Å². The largest absolute Gasteiger partial charge is 0.504 e. The zero-order valence-corrected chi connectivity index (χ0v) is 15.2. The summed E-state index contributed by atoms with van der Waals surface area (Å²) in [5, 5.41) is 21.7. The van der Waals surface area contributed by atoms with Crippen LogP contribution in [-0.4, -0.2) is 60.4 Å². The molecule has 4 rings (SSSR count). The first kappa shape index (κ1) is 17.8. The van der Waals surface area contributed by atoms with E-state index in [2.05, 4.69) is 16.9 Å². The topological polar surface area (TPSA) is 79.3 Å². The number of fused-ring (bicyclic) bond motifs is 2. The number of hydrogen-bond acceptors (Lipinski definition) is 6. The molecule has 27 heavy (non-hydrogen) atoms. The van der Waals surface area contributed by atoms with Gasteiger partial charge in [-0.15, -0.1) is 0 Å². The standard InChI is InChI=1S/C19H23FN4O3/c1-11-13-8-15(20)17(23-7-6-22-5-3-4-12(22)9-23)18(25)16(13)24(21-2)10-14(11)19(26)27/h8,10,12,21,25H,1,3-7,9H2,2H3,(H,26,27). The van der Waals surface area contributed by atoms with E-state index in [-0.39, 0.29) is 28.1 Å². The van der Waals surface area contributed by atoms with Crippen LogP contribution in [0, 0.1) is 5.82 Å². The number of hydrazine groups is 1. The molecule has 2 fully saturated rings. The van der Waals surface area contributed by atoms with Crippen molar-refractivity contribution in [3.8, 4) is 5.75 Å². The maximum Gasteiger partial charge on any atom is 0.337 e. The number of aliphatic carboxylic acids is 1. The number of piperazine rings is 1. The van der Waals surface area contributed by atoms with E-state index >= 15 is 4.39 Å². The third kappa shape index (κ3) is 2.76. The Morgan fingerprint density at radius 2 is 2.11 bits per heavy atom. The number of halogens is 1. The minimum atomic E-state index is -1.16. The number of nitrogens with zero attached hydrogens (tertiary/aromatic N) is 3.